The average molecular weight is 394 g/mol. The fourth-order valence-corrected chi connectivity index (χ4v) is 4.03. The van der Waals surface area contributed by atoms with Gasteiger partial charge in [-0.2, -0.15) is 0 Å². The van der Waals surface area contributed by atoms with E-state index in [1.807, 2.05) is 4.90 Å². The number of benzene rings is 1. The molecule has 130 valence electrons. The predicted molar refractivity (Wildman–Crippen MR) is 96.2 cm³/mol. The predicted octanol–water partition coefficient (Wildman–Crippen LogP) is 2.31. The molecule has 1 aromatic rings. The van der Waals surface area contributed by atoms with Crippen LogP contribution >= 0.6 is 15.9 Å². The van der Waals surface area contributed by atoms with Crippen molar-refractivity contribution in [3.05, 3.63) is 34.3 Å². The molecule has 1 atom stereocenters. The molecule has 0 aromatic heterocycles. The maximum Gasteiger partial charge on any atom is 0.236 e. The Kier molecular flexibility index (Phi) is 5.56. The SMILES string of the molecule is NC(=O)C1CCN(C(=O)CN2CCCC2c2ccc(Br)cc2)CC1. The second kappa shape index (κ2) is 7.66. The molecule has 0 saturated carbocycles. The molecule has 2 saturated heterocycles. The van der Waals surface area contributed by atoms with Crippen molar-refractivity contribution in [1.82, 2.24) is 9.80 Å². The largest absolute Gasteiger partial charge is 0.369 e. The first kappa shape index (κ1) is 17.4. The van der Waals surface area contributed by atoms with Gasteiger partial charge in [0.2, 0.25) is 11.8 Å². The first-order valence-electron chi connectivity index (χ1n) is 8.61. The minimum absolute atomic E-state index is 0.0728. The number of primary amides is 1. The molecule has 5 nitrogen and oxygen atoms in total. The van der Waals surface area contributed by atoms with Crippen molar-refractivity contribution >= 4 is 27.7 Å². The van der Waals surface area contributed by atoms with Crippen molar-refractivity contribution in [2.75, 3.05) is 26.2 Å². The molecule has 0 aliphatic carbocycles. The lowest BCUT2D eigenvalue weighted by Crippen LogP contribution is -2.45. The van der Waals surface area contributed by atoms with Crippen LogP contribution in [0.15, 0.2) is 28.7 Å². The van der Waals surface area contributed by atoms with Gasteiger partial charge in [0.1, 0.15) is 0 Å². The molecule has 1 aromatic carbocycles. The Morgan fingerprint density at radius 3 is 2.38 bits per heavy atom. The van der Waals surface area contributed by atoms with Gasteiger partial charge in [-0.05, 0) is 49.9 Å². The number of carbonyl (C=O) groups excluding carboxylic acids is 2. The maximum absolute atomic E-state index is 12.6. The van der Waals surface area contributed by atoms with Crippen LogP contribution in [0.2, 0.25) is 0 Å². The molecule has 3 rings (SSSR count). The van der Waals surface area contributed by atoms with E-state index in [9.17, 15) is 9.59 Å². The van der Waals surface area contributed by atoms with E-state index >= 15 is 0 Å². The number of nitrogens with zero attached hydrogens (tertiary/aromatic N) is 2. The first-order chi connectivity index (χ1) is 11.5. The molecule has 1 unspecified atom stereocenters. The molecule has 0 bridgehead atoms. The highest BCUT2D eigenvalue weighted by Crippen LogP contribution is 2.32. The number of hydrogen-bond acceptors (Lipinski definition) is 3. The van der Waals surface area contributed by atoms with Crippen LogP contribution in [0.1, 0.15) is 37.3 Å². The second-order valence-electron chi connectivity index (χ2n) is 6.74. The van der Waals surface area contributed by atoms with Crippen molar-refractivity contribution in [3.63, 3.8) is 0 Å². The molecule has 2 aliphatic heterocycles. The van der Waals surface area contributed by atoms with Crippen LogP contribution in [0.4, 0.5) is 0 Å². The fraction of sp³-hybridized carbons (Fsp3) is 0.556. The quantitative estimate of drug-likeness (QED) is 0.853. The van der Waals surface area contributed by atoms with Crippen molar-refractivity contribution in [3.8, 4) is 0 Å². The van der Waals surface area contributed by atoms with Crippen LogP contribution in [0.25, 0.3) is 0 Å². The molecule has 2 N–H and O–H groups in total. The summed E-state index contributed by atoms with van der Waals surface area (Å²) in [6.45, 7) is 2.71. The van der Waals surface area contributed by atoms with E-state index in [-0.39, 0.29) is 17.7 Å². The number of nitrogens with two attached hydrogens (primary N) is 1. The van der Waals surface area contributed by atoms with E-state index in [1.165, 1.54) is 5.56 Å². The number of piperidine rings is 1. The van der Waals surface area contributed by atoms with Crippen LogP contribution in [0.3, 0.4) is 0 Å². The minimum atomic E-state index is -0.239. The van der Waals surface area contributed by atoms with Gasteiger partial charge in [0, 0.05) is 29.5 Å². The fourth-order valence-electron chi connectivity index (χ4n) is 3.76. The highest BCUT2D eigenvalue weighted by atomic mass is 79.9. The van der Waals surface area contributed by atoms with Crippen molar-refractivity contribution in [2.45, 2.75) is 31.7 Å². The number of amides is 2. The zero-order chi connectivity index (χ0) is 17.1. The Labute approximate surface area is 151 Å². The van der Waals surface area contributed by atoms with Crippen LogP contribution in [0.5, 0.6) is 0 Å². The Morgan fingerprint density at radius 1 is 1.08 bits per heavy atom. The Bertz CT molecular complexity index is 597. The number of likely N-dealkylation sites (tertiary alicyclic amines) is 2. The van der Waals surface area contributed by atoms with E-state index in [0.29, 0.717) is 38.5 Å². The third-order valence-electron chi connectivity index (χ3n) is 5.21. The summed E-state index contributed by atoms with van der Waals surface area (Å²) in [7, 11) is 0. The standard InChI is InChI=1S/C18H24BrN3O2/c19-15-5-3-13(4-6-15)16-2-1-9-22(16)12-17(23)21-10-7-14(8-11-21)18(20)24/h3-6,14,16H,1-2,7-12H2,(H2,20,24). The highest BCUT2D eigenvalue weighted by Gasteiger charge is 2.31. The molecule has 2 amide bonds. The van der Waals surface area contributed by atoms with Gasteiger partial charge in [-0.1, -0.05) is 28.1 Å². The van der Waals surface area contributed by atoms with Crippen molar-refractivity contribution in [1.29, 1.82) is 0 Å². The van der Waals surface area contributed by atoms with Gasteiger partial charge in [-0.3, -0.25) is 14.5 Å². The lowest BCUT2D eigenvalue weighted by atomic mass is 9.96. The number of halogens is 1. The highest BCUT2D eigenvalue weighted by molar-refractivity contribution is 9.10. The molecule has 6 heteroatoms. The summed E-state index contributed by atoms with van der Waals surface area (Å²) < 4.78 is 1.07. The lowest BCUT2D eigenvalue weighted by molar-refractivity contribution is -0.136. The van der Waals surface area contributed by atoms with E-state index in [1.54, 1.807) is 0 Å². The normalized spacial score (nSPS) is 22.7. The van der Waals surface area contributed by atoms with Gasteiger partial charge in [0.25, 0.3) is 0 Å². The molecular weight excluding hydrogens is 370 g/mol. The van der Waals surface area contributed by atoms with Crippen LogP contribution in [-0.4, -0.2) is 47.8 Å². The third-order valence-corrected chi connectivity index (χ3v) is 5.74. The smallest absolute Gasteiger partial charge is 0.236 e. The molecule has 0 radical (unpaired) electrons. The molecule has 0 spiro atoms. The molecular formula is C18H24BrN3O2. The van der Waals surface area contributed by atoms with E-state index < -0.39 is 0 Å². The van der Waals surface area contributed by atoms with Crippen LogP contribution < -0.4 is 5.73 Å². The number of carbonyl (C=O) groups is 2. The van der Waals surface area contributed by atoms with Gasteiger partial charge in [0.15, 0.2) is 0 Å². The Morgan fingerprint density at radius 2 is 1.75 bits per heavy atom. The van der Waals surface area contributed by atoms with Crippen LogP contribution in [-0.2, 0) is 9.59 Å². The summed E-state index contributed by atoms with van der Waals surface area (Å²) in [6.07, 6.45) is 3.60. The summed E-state index contributed by atoms with van der Waals surface area (Å²) in [4.78, 5) is 28.0. The van der Waals surface area contributed by atoms with Gasteiger partial charge >= 0.3 is 0 Å². The molecule has 2 fully saturated rings. The number of hydrogen-bond donors (Lipinski definition) is 1. The van der Waals surface area contributed by atoms with Gasteiger partial charge < -0.3 is 10.6 Å². The topological polar surface area (TPSA) is 66.6 Å². The van der Waals surface area contributed by atoms with Gasteiger partial charge in [0.05, 0.1) is 6.54 Å². The Balaban J connectivity index is 1.57. The summed E-state index contributed by atoms with van der Waals surface area (Å²) in [5.41, 5.74) is 6.63. The Hall–Kier alpha value is -1.40. The first-order valence-corrected chi connectivity index (χ1v) is 9.40. The van der Waals surface area contributed by atoms with Crippen molar-refractivity contribution in [2.24, 2.45) is 11.7 Å². The maximum atomic E-state index is 12.6. The molecule has 2 heterocycles. The van der Waals surface area contributed by atoms with E-state index in [2.05, 4.69) is 45.1 Å². The monoisotopic (exact) mass is 393 g/mol. The van der Waals surface area contributed by atoms with E-state index in [4.69, 9.17) is 5.73 Å². The molecule has 24 heavy (non-hydrogen) atoms. The lowest BCUT2D eigenvalue weighted by Gasteiger charge is -2.33. The molecule has 2 aliphatic rings. The van der Waals surface area contributed by atoms with Crippen molar-refractivity contribution < 1.29 is 9.59 Å². The van der Waals surface area contributed by atoms with Gasteiger partial charge in [-0.25, -0.2) is 0 Å². The minimum Gasteiger partial charge on any atom is -0.369 e. The number of rotatable bonds is 4. The van der Waals surface area contributed by atoms with Crippen LogP contribution in [0, 0.1) is 5.92 Å². The average Bonchev–Trinajstić information content (AvgIpc) is 3.03. The van der Waals surface area contributed by atoms with E-state index in [0.717, 1.165) is 23.9 Å². The second-order valence-corrected chi connectivity index (χ2v) is 7.65. The zero-order valence-corrected chi connectivity index (χ0v) is 15.4. The summed E-state index contributed by atoms with van der Waals surface area (Å²) in [5, 5.41) is 0. The third kappa shape index (κ3) is 3.98. The zero-order valence-electron chi connectivity index (χ0n) is 13.8. The summed E-state index contributed by atoms with van der Waals surface area (Å²) in [5.74, 6) is -0.143. The summed E-state index contributed by atoms with van der Waals surface area (Å²) >= 11 is 3.47. The van der Waals surface area contributed by atoms with Gasteiger partial charge in [-0.15, -0.1) is 0 Å². The summed E-state index contributed by atoms with van der Waals surface area (Å²) in [6, 6.07) is 8.71.